The molecule has 0 atom stereocenters. The molecule has 2 N–H and O–H groups in total. The minimum atomic E-state index is 0.403. The summed E-state index contributed by atoms with van der Waals surface area (Å²) >= 11 is 0. The molecule has 1 aliphatic heterocycles. The van der Waals surface area contributed by atoms with E-state index in [0.717, 1.165) is 28.2 Å². The van der Waals surface area contributed by atoms with Gasteiger partial charge in [0.1, 0.15) is 18.7 Å². The lowest BCUT2D eigenvalue weighted by molar-refractivity contribution is 0.171. The summed E-state index contributed by atoms with van der Waals surface area (Å²) in [4.78, 5) is 8.81. The van der Waals surface area contributed by atoms with E-state index in [1.54, 1.807) is 6.20 Å². The number of rotatable bonds is 1. The van der Waals surface area contributed by atoms with Crippen molar-refractivity contribution < 1.29 is 9.47 Å². The van der Waals surface area contributed by atoms with Crippen LogP contribution in [0.25, 0.3) is 16.9 Å². The minimum Gasteiger partial charge on any atom is -0.486 e. The van der Waals surface area contributed by atoms with Crippen LogP contribution < -0.4 is 15.2 Å². The first kappa shape index (κ1) is 12.0. The molecule has 0 bridgehead atoms. The highest BCUT2D eigenvalue weighted by molar-refractivity contribution is 5.77. The lowest BCUT2D eigenvalue weighted by Gasteiger charge is -2.19. The molecule has 1 aromatic carbocycles. The summed E-state index contributed by atoms with van der Waals surface area (Å²) in [6.45, 7) is 3.10. The predicted octanol–water partition coefficient (Wildman–Crippen LogP) is 2.08. The maximum absolute atomic E-state index is 6.05. The van der Waals surface area contributed by atoms with E-state index in [0.29, 0.717) is 24.9 Å². The molecule has 3 heterocycles. The summed E-state index contributed by atoms with van der Waals surface area (Å²) in [5.74, 6) is 1.86. The van der Waals surface area contributed by atoms with Crippen molar-refractivity contribution in [1.29, 1.82) is 0 Å². The molecule has 0 fully saturated rings. The maximum Gasteiger partial charge on any atom is 0.207 e. The predicted molar refractivity (Wildman–Crippen MR) is 79.0 cm³/mol. The third-order valence-electron chi connectivity index (χ3n) is 3.44. The van der Waals surface area contributed by atoms with Gasteiger partial charge in [0.25, 0.3) is 0 Å². The van der Waals surface area contributed by atoms with Crippen LogP contribution in [-0.2, 0) is 0 Å². The first-order chi connectivity index (χ1) is 10.2. The number of pyridine rings is 1. The van der Waals surface area contributed by atoms with Gasteiger partial charge in [-0.15, -0.1) is 0 Å². The van der Waals surface area contributed by atoms with E-state index in [9.17, 15) is 0 Å². The van der Waals surface area contributed by atoms with Crippen molar-refractivity contribution in [3.05, 3.63) is 36.0 Å². The number of imidazole rings is 1. The summed E-state index contributed by atoms with van der Waals surface area (Å²) in [7, 11) is 0. The van der Waals surface area contributed by atoms with Crippen LogP contribution in [0.4, 0.5) is 5.95 Å². The number of nitrogens with zero attached hydrogens (tertiary/aromatic N) is 3. The lowest BCUT2D eigenvalue weighted by atomic mass is 10.2. The van der Waals surface area contributed by atoms with Gasteiger partial charge in [-0.1, -0.05) is 0 Å². The average molecular weight is 282 g/mol. The quantitative estimate of drug-likeness (QED) is 0.739. The van der Waals surface area contributed by atoms with Gasteiger partial charge in [0.05, 0.1) is 5.69 Å². The van der Waals surface area contributed by atoms with E-state index in [-0.39, 0.29) is 0 Å². The number of hydrogen-bond acceptors (Lipinski definition) is 5. The number of benzene rings is 1. The smallest absolute Gasteiger partial charge is 0.207 e. The molecule has 0 saturated heterocycles. The SMILES string of the molecule is Cc1cnc2c(c1)nc(N)n2-c1ccc2c(c1)OCCO2. The Morgan fingerprint density at radius 1 is 1.14 bits per heavy atom. The van der Waals surface area contributed by atoms with Gasteiger partial charge in [-0.3, -0.25) is 4.57 Å². The monoisotopic (exact) mass is 282 g/mol. The number of ether oxygens (including phenoxy) is 2. The van der Waals surface area contributed by atoms with E-state index in [1.165, 1.54) is 0 Å². The summed E-state index contributed by atoms with van der Waals surface area (Å²) in [6.07, 6.45) is 1.80. The van der Waals surface area contributed by atoms with Gasteiger partial charge in [0.2, 0.25) is 5.95 Å². The molecule has 1 aliphatic rings. The maximum atomic E-state index is 6.05. The Kier molecular flexibility index (Phi) is 2.50. The van der Waals surface area contributed by atoms with Crippen LogP contribution in [0.3, 0.4) is 0 Å². The van der Waals surface area contributed by atoms with Crippen LogP contribution in [-0.4, -0.2) is 27.7 Å². The minimum absolute atomic E-state index is 0.403. The third-order valence-corrected chi connectivity index (χ3v) is 3.44. The van der Waals surface area contributed by atoms with E-state index in [2.05, 4.69) is 9.97 Å². The lowest BCUT2D eigenvalue weighted by Crippen LogP contribution is -2.15. The van der Waals surface area contributed by atoms with Gasteiger partial charge < -0.3 is 15.2 Å². The fraction of sp³-hybridized carbons (Fsp3) is 0.200. The fourth-order valence-electron chi connectivity index (χ4n) is 2.51. The largest absolute Gasteiger partial charge is 0.486 e. The van der Waals surface area contributed by atoms with Gasteiger partial charge in [-0.25, -0.2) is 9.97 Å². The Morgan fingerprint density at radius 2 is 1.95 bits per heavy atom. The Hall–Kier alpha value is -2.76. The third kappa shape index (κ3) is 1.87. The van der Waals surface area contributed by atoms with Gasteiger partial charge in [0.15, 0.2) is 17.1 Å². The molecule has 0 aliphatic carbocycles. The molecule has 4 rings (SSSR count). The summed E-state index contributed by atoms with van der Waals surface area (Å²) in [5, 5.41) is 0. The van der Waals surface area contributed by atoms with Gasteiger partial charge in [-0.05, 0) is 30.7 Å². The number of anilines is 1. The highest BCUT2D eigenvalue weighted by Crippen LogP contribution is 2.33. The van der Waals surface area contributed by atoms with Crippen molar-refractivity contribution in [2.45, 2.75) is 6.92 Å². The molecule has 0 radical (unpaired) electrons. The van der Waals surface area contributed by atoms with Crippen LogP contribution in [0.15, 0.2) is 30.5 Å². The van der Waals surface area contributed by atoms with Crippen molar-refractivity contribution in [3.63, 3.8) is 0 Å². The van der Waals surface area contributed by atoms with Crippen LogP contribution in [0.2, 0.25) is 0 Å². The first-order valence-electron chi connectivity index (χ1n) is 6.73. The zero-order valence-corrected chi connectivity index (χ0v) is 11.5. The second kappa shape index (κ2) is 4.37. The average Bonchev–Trinajstić information content (AvgIpc) is 2.81. The number of aryl methyl sites for hydroxylation is 1. The molecule has 6 heteroatoms. The molecule has 6 nitrogen and oxygen atoms in total. The van der Waals surface area contributed by atoms with E-state index >= 15 is 0 Å². The molecule has 0 unspecified atom stereocenters. The second-order valence-corrected chi connectivity index (χ2v) is 4.99. The number of aromatic nitrogens is 3. The standard InChI is InChI=1S/C15H14N4O2/c1-9-6-11-14(17-8-9)19(15(16)18-11)10-2-3-12-13(7-10)21-5-4-20-12/h2-3,6-8H,4-5H2,1H3,(H2,16,18). The van der Waals surface area contributed by atoms with Crippen molar-refractivity contribution in [2.24, 2.45) is 0 Å². The number of nitrogen functional groups attached to an aromatic ring is 1. The first-order valence-corrected chi connectivity index (χ1v) is 6.73. The molecule has 2 aromatic heterocycles. The zero-order valence-electron chi connectivity index (χ0n) is 11.5. The normalized spacial score (nSPS) is 13.6. The molecular formula is C15H14N4O2. The highest BCUT2D eigenvalue weighted by atomic mass is 16.6. The number of fused-ring (bicyclic) bond motifs is 2. The van der Waals surface area contributed by atoms with E-state index in [4.69, 9.17) is 15.2 Å². The number of hydrogen-bond donors (Lipinski definition) is 1. The van der Waals surface area contributed by atoms with Crippen molar-refractivity contribution >= 4 is 17.1 Å². The Labute approximate surface area is 121 Å². The van der Waals surface area contributed by atoms with Crippen LogP contribution in [0, 0.1) is 6.92 Å². The Bertz CT molecular complexity index is 841. The molecule has 0 saturated carbocycles. The topological polar surface area (TPSA) is 75.2 Å². The van der Waals surface area contributed by atoms with Crippen LogP contribution >= 0.6 is 0 Å². The molecule has 0 spiro atoms. The zero-order chi connectivity index (χ0) is 14.4. The molecule has 3 aromatic rings. The van der Waals surface area contributed by atoms with Crippen molar-refractivity contribution in [3.8, 4) is 17.2 Å². The van der Waals surface area contributed by atoms with Crippen LogP contribution in [0.5, 0.6) is 11.5 Å². The molecule has 0 amide bonds. The number of nitrogens with two attached hydrogens (primary N) is 1. The van der Waals surface area contributed by atoms with Gasteiger partial charge in [-0.2, -0.15) is 0 Å². The van der Waals surface area contributed by atoms with Crippen molar-refractivity contribution in [2.75, 3.05) is 18.9 Å². The summed E-state index contributed by atoms with van der Waals surface area (Å²) in [6, 6.07) is 7.66. The summed E-state index contributed by atoms with van der Waals surface area (Å²) in [5.41, 5.74) is 9.47. The van der Waals surface area contributed by atoms with Gasteiger partial charge >= 0.3 is 0 Å². The van der Waals surface area contributed by atoms with Crippen molar-refractivity contribution in [1.82, 2.24) is 14.5 Å². The van der Waals surface area contributed by atoms with E-state index < -0.39 is 0 Å². The van der Waals surface area contributed by atoms with E-state index in [1.807, 2.05) is 35.8 Å². The molecule has 21 heavy (non-hydrogen) atoms. The van der Waals surface area contributed by atoms with Crippen LogP contribution in [0.1, 0.15) is 5.56 Å². The Balaban J connectivity index is 1.92. The second-order valence-electron chi connectivity index (χ2n) is 4.99. The molecule has 106 valence electrons. The molecular weight excluding hydrogens is 268 g/mol. The Morgan fingerprint density at radius 3 is 2.81 bits per heavy atom. The highest BCUT2D eigenvalue weighted by Gasteiger charge is 2.16. The fourth-order valence-corrected chi connectivity index (χ4v) is 2.51. The van der Waals surface area contributed by atoms with Gasteiger partial charge in [0, 0.05) is 12.3 Å². The summed E-state index contributed by atoms with van der Waals surface area (Å²) < 4.78 is 13.0.